The molecule has 0 radical (unpaired) electrons. The Bertz CT molecular complexity index is 1390. The third kappa shape index (κ3) is 4.41. The van der Waals surface area contributed by atoms with E-state index in [4.69, 9.17) is 0 Å². The van der Waals surface area contributed by atoms with E-state index in [0.29, 0.717) is 18.7 Å². The van der Waals surface area contributed by atoms with Gasteiger partial charge in [0, 0.05) is 18.8 Å². The topological polar surface area (TPSA) is 83.6 Å². The van der Waals surface area contributed by atoms with Crippen molar-refractivity contribution in [2.24, 2.45) is 0 Å². The van der Waals surface area contributed by atoms with Gasteiger partial charge in [-0.1, -0.05) is 12.1 Å². The van der Waals surface area contributed by atoms with E-state index in [0.717, 1.165) is 34.4 Å². The molecule has 4 rings (SSSR count). The third-order valence-electron chi connectivity index (χ3n) is 5.68. The fraction of sp³-hybridized carbons (Fsp3) is 0.217. The Balaban J connectivity index is 1.59. The summed E-state index contributed by atoms with van der Waals surface area (Å²) in [5.41, 5.74) is 3.93. The zero-order valence-corrected chi connectivity index (χ0v) is 19.3. The van der Waals surface area contributed by atoms with Gasteiger partial charge in [-0.05, 0) is 91.1 Å². The molecule has 1 N–H and O–H groups in total. The molecule has 1 aliphatic rings. The van der Waals surface area contributed by atoms with Crippen LogP contribution < -0.4 is 4.72 Å². The Morgan fingerprint density at radius 1 is 0.812 bits per heavy atom. The molecule has 0 spiro atoms. The normalized spacial score (nSPS) is 14.7. The first-order chi connectivity index (χ1) is 15.1. The second-order valence-electron chi connectivity index (χ2n) is 7.88. The van der Waals surface area contributed by atoms with Gasteiger partial charge in [-0.25, -0.2) is 21.2 Å². The molecule has 1 heterocycles. The van der Waals surface area contributed by atoms with E-state index in [-0.39, 0.29) is 16.3 Å². The lowest BCUT2D eigenvalue weighted by atomic mass is 10.0. The smallest absolute Gasteiger partial charge is 0.261 e. The van der Waals surface area contributed by atoms with Crippen LogP contribution in [-0.2, 0) is 33.0 Å². The third-order valence-corrected chi connectivity index (χ3v) is 8.91. The molecule has 0 saturated heterocycles. The summed E-state index contributed by atoms with van der Waals surface area (Å²) < 4.78 is 68.7. The van der Waals surface area contributed by atoms with Gasteiger partial charge in [0.25, 0.3) is 10.0 Å². The number of halogens is 1. The molecule has 3 aromatic rings. The summed E-state index contributed by atoms with van der Waals surface area (Å²) in [4.78, 5) is 0.188. The molecule has 0 aliphatic carbocycles. The Morgan fingerprint density at radius 3 is 2.19 bits per heavy atom. The first-order valence-corrected chi connectivity index (χ1v) is 13.0. The van der Waals surface area contributed by atoms with Gasteiger partial charge in [0.2, 0.25) is 10.0 Å². The van der Waals surface area contributed by atoms with Gasteiger partial charge in [-0.3, -0.25) is 4.72 Å². The van der Waals surface area contributed by atoms with E-state index in [1.165, 1.54) is 16.4 Å². The maximum atomic E-state index is 13.2. The summed E-state index contributed by atoms with van der Waals surface area (Å²) in [6.45, 7) is 4.16. The Hall–Kier alpha value is -2.75. The number of nitrogens with zero attached hydrogens (tertiary/aromatic N) is 1. The molecule has 0 unspecified atom stereocenters. The van der Waals surface area contributed by atoms with Crippen molar-refractivity contribution in [2.75, 3.05) is 11.3 Å². The largest absolute Gasteiger partial charge is 0.280 e. The van der Waals surface area contributed by atoms with Crippen molar-refractivity contribution in [1.29, 1.82) is 0 Å². The van der Waals surface area contributed by atoms with Crippen molar-refractivity contribution in [3.8, 4) is 0 Å². The van der Waals surface area contributed by atoms with Crippen LogP contribution in [-0.4, -0.2) is 27.7 Å². The fourth-order valence-corrected chi connectivity index (χ4v) is 6.20. The monoisotopic (exact) mass is 474 g/mol. The highest BCUT2D eigenvalue weighted by molar-refractivity contribution is 7.92. The second kappa shape index (κ2) is 8.31. The molecule has 0 fully saturated rings. The molecule has 6 nitrogen and oxygen atoms in total. The van der Waals surface area contributed by atoms with Crippen LogP contribution in [0.15, 0.2) is 70.5 Å². The van der Waals surface area contributed by atoms with Gasteiger partial charge in [-0.2, -0.15) is 4.31 Å². The minimum absolute atomic E-state index is 0.0222. The lowest BCUT2D eigenvalue weighted by molar-refractivity contribution is 0.391. The summed E-state index contributed by atoms with van der Waals surface area (Å²) in [7, 11) is -7.58. The van der Waals surface area contributed by atoms with Crippen molar-refractivity contribution in [1.82, 2.24) is 4.31 Å². The van der Waals surface area contributed by atoms with Crippen molar-refractivity contribution >= 4 is 25.7 Å². The van der Waals surface area contributed by atoms with Gasteiger partial charge >= 0.3 is 0 Å². The summed E-state index contributed by atoms with van der Waals surface area (Å²) in [6, 6.07) is 14.8. The zero-order chi connectivity index (χ0) is 23.1. The molecule has 9 heteroatoms. The zero-order valence-electron chi connectivity index (χ0n) is 17.7. The fourth-order valence-electron chi connectivity index (χ4n) is 3.65. The quantitative estimate of drug-likeness (QED) is 0.606. The van der Waals surface area contributed by atoms with Gasteiger partial charge in [0.05, 0.1) is 9.79 Å². The van der Waals surface area contributed by atoms with E-state index < -0.39 is 25.9 Å². The number of sulfonamides is 2. The number of fused-ring (bicyclic) bond motifs is 1. The summed E-state index contributed by atoms with van der Waals surface area (Å²) in [5, 5.41) is 0. The molecule has 0 bridgehead atoms. The average Bonchev–Trinajstić information content (AvgIpc) is 2.75. The van der Waals surface area contributed by atoms with Crippen molar-refractivity contribution in [2.45, 2.75) is 36.6 Å². The highest BCUT2D eigenvalue weighted by atomic mass is 32.2. The van der Waals surface area contributed by atoms with E-state index in [1.807, 2.05) is 19.9 Å². The standard InChI is InChI=1S/C23H23FN2O4S2/c1-16-3-8-23(13-17(16)2)31(27,28)25-21-7-4-18-11-12-26(15-19(18)14-21)32(29,30)22-9-5-20(24)6-10-22/h3-10,13-14,25H,11-12,15H2,1-2H3. The highest BCUT2D eigenvalue weighted by Crippen LogP contribution is 2.28. The summed E-state index contributed by atoms with van der Waals surface area (Å²) in [6.07, 6.45) is 0.500. The lowest BCUT2D eigenvalue weighted by Crippen LogP contribution is -2.36. The number of hydrogen-bond donors (Lipinski definition) is 1. The van der Waals surface area contributed by atoms with E-state index in [2.05, 4.69) is 4.72 Å². The van der Waals surface area contributed by atoms with Gasteiger partial charge in [0.1, 0.15) is 5.82 Å². The molecule has 3 aromatic carbocycles. The second-order valence-corrected chi connectivity index (χ2v) is 11.5. The van der Waals surface area contributed by atoms with Crippen LogP contribution in [0.25, 0.3) is 0 Å². The number of nitrogens with one attached hydrogen (secondary N) is 1. The van der Waals surface area contributed by atoms with Crippen LogP contribution >= 0.6 is 0 Å². The maximum absolute atomic E-state index is 13.2. The maximum Gasteiger partial charge on any atom is 0.261 e. The minimum atomic E-state index is -3.79. The van der Waals surface area contributed by atoms with Crippen LogP contribution in [0, 0.1) is 19.7 Å². The minimum Gasteiger partial charge on any atom is -0.280 e. The number of benzene rings is 3. The first-order valence-electron chi connectivity index (χ1n) is 10.0. The molecule has 0 aromatic heterocycles. The number of hydrogen-bond acceptors (Lipinski definition) is 4. The molecule has 0 amide bonds. The average molecular weight is 475 g/mol. The highest BCUT2D eigenvalue weighted by Gasteiger charge is 2.28. The molecule has 1 aliphatic heterocycles. The Labute approximate surface area is 187 Å². The van der Waals surface area contributed by atoms with Gasteiger partial charge in [-0.15, -0.1) is 0 Å². The number of aryl methyl sites for hydroxylation is 2. The van der Waals surface area contributed by atoms with Crippen molar-refractivity contribution < 1.29 is 21.2 Å². The summed E-state index contributed by atoms with van der Waals surface area (Å²) in [5.74, 6) is -0.506. The van der Waals surface area contributed by atoms with Gasteiger partial charge in [0.15, 0.2) is 0 Å². The van der Waals surface area contributed by atoms with Crippen LogP contribution in [0.5, 0.6) is 0 Å². The van der Waals surface area contributed by atoms with E-state index in [1.54, 1.807) is 30.3 Å². The van der Waals surface area contributed by atoms with Crippen LogP contribution in [0.2, 0.25) is 0 Å². The summed E-state index contributed by atoms with van der Waals surface area (Å²) >= 11 is 0. The number of anilines is 1. The molecule has 168 valence electrons. The van der Waals surface area contributed by atoms with Gasteiger partial charge < -0.3 is 0 Å². The molecular weight excluding hydrogens is 451 g/mol. The van der Waals surface area contributed by atoms with E-state index in [9.17, 15) is 21.2 Å². The SMILES string of the molecule is Cc1ccc(S(=O)(=O)Nc2ccc3c(c2)CN(S(=O)(=O)c2ccc(F)cc2)CC3)cc1C. The molecule has 0 saturated carbocycles. The van der Waals surface area contributed by atoms with Crippen LogP contribution in [0.1, 0.15) is 22.3 Å². The van der Waals surface area contributed by atoms with Crippen LogP contribution in [0.3, 0.4) is 0 Å². The molecule has 0 atom stereocenters. The Morgan fingerprint density at radius 2 is 1.50 bits per heavy atom. The Kier molecular flexibility index (Phi) is 5.83. The van der Waals surface area contributed by atoms with Crippen molar-refractivity contribution in [3.63, 3.8) is 0 Å². The number of rotatable bonds is 5. The predicted molar refractivity (Wildman–Crippen MR) is 121 cm³/mol. The molecular formula is C23H23FN2O4S2. The van der Waals surface area contributed by atoms with E-state index >= 15 is 0 Å². The predicted octanol–water partition coefficient (Wildman–Crippen LogP) is 3.99. The van der Waals surface area contributed by atoms with Crippen molar-refractivity contribution in [3.05, 3.63) is 88.7 Å². The lowest BCUT2D eigenvalue weighted by Gasteiger charge is -2.28. The first kappa shape index (κ1) is 22.4. The molecule has 32 heavy (non-hydrogen) atoms. The van der Waals surface area contributed by atoms with Crippen LogP contribution in [0.4, 0.5) is 10.1 Å².